The van der Waals surface area contributed by atoms with Crippen molar-refractivity contribution in [2.45, 2.75) is 26.3 Å². The van der Waals surface area contributed by atoms with E-state index in [1.165, 1.54) is 11.6 Å². The van der Waals surface area contributed by atoms with Gasteiger partial charge in [0.25, 0.3) is 5.56 Å². The first-order valence-corrected chi connectivity index (χ1v) is 5.68. The average molecular weight is 236 g/mol. The molecule has 2 rings (SSSR count). The first-order valence-electron chi connectivity index (χ1n) is 5.68. The SMILES string of the molecule is CCCCn1cnc2c(=O)n(C)c(=O)n(C)c21. The molecular weight excluding hydrogens is 220 g/mol. The molecule has 92 valence electrons. The molecular formula is C11H16N4O2. The highest BCUT2D eigenvalue weighted by atomic mass is 16.2. The average Bonchev–Trinajstić information content (AvgIpc) is 2.75. The number of fused-ring (bicyclic) bond motifs is 1. The van der Waals surface area contributed by atoms with E-state index < -0.39 is 0 Å². The van der Waals surface area contributed by atoms with Crippen LogP contribution in [0.5, 0.6) is 0 Å². The summed E-state index contributed by atoms with van der Waals surface area (Å²) >= 11 is 0. The lowest BCUT2D eigenvalue weighted by molar-refractivity contribution is 0.622. The minimum Gasteiger partial charge on any atom is -0.316 e. The van der Waals surface area contributed by atoms with Crippen molar-refractivity contribution in [2.75, 3.05) is 0 Å². The number of hydrogen-bond acceptors (Lipinski definition) is 3. The molecule has 0 unspecified atom stereocenters. The minimum atomic E-state index is -0.335. The van der Waals surface area contributed by atoms with Crippen molar-refractivity contribution in [2.24, 2.45) is 14.1 Å². The van der Waals surface area contributed by atoms with Crippen LogP contribution in [0.3, 0.4) is 0 Å². The largest absolute Gasteiger partial charge is 0.332 e. The molecule has 0 saturated carbocycles. The molecule has 0 atom stereocenters. The Kier molecular flexibility index (Phi) is 2.87. The maximum Gasteiger partial charge on any atom is 0.332 e. The Balaban J connectivity index is 2.77. The zero-order valence-corrected chi connectivity index (χ0v) is 10.3. The molecule has 0 aromatic carbocycles. The second-order valence-electron chi connectivity index (χ2n) is 4.17. The van der Waals surface area contributed by atoms with Crippen molar-refractivity contribution in [1.82, 2.24) is 18.7 Å². The van der Waals surface area contributed by atoms with Gasteiger partial charge in [-0.3, -0.25) is 13.9 Å². The minimum absolute atomic E-state index is 0.319. The number of unbranched alkanes of at least 4 members (excludes halogenated alkanes) is 1. The highest BCUT2D eigenvalue weighted by Crippen LogP contribution is 2.07. The van der Waals surface area contributed by atoms with Crippen LogP contribution in [0.2, 0.25) is 0 Å². The highest BCUT2D eigenvalue weighted by molar-refractivity contribution is 5.69. The monoisotopic (exact) mass is 236 g/mol. The summed E-state index contributed by atoms with van der Waals surface area (Å²) in [6.07, 6.45) is 3.68. The van der Waals surface area contributed by atoms with Crippen LogP contribution in [0.15, 0.2) is 15.9 Å². The van der Waals surface area contributed by atoms with E-state index in [4.69, 9.17) is 0 Å². The van der Waals surface area contributed by atoms with Crippen molar-refractivity contribution in [3.05, 3.63) is 27.2 Å². The molecule has 0 amide bonds. The fourth-order valence-corrected chi connectivity index (χ4v) is 1.93. The third kappa shape index (κ3) is 1.69. The van der Waals surface area contributed by atoms with E-state index >= 15 is 0 Å². The lowest BCUT2D eigenvalue weighted by atomic mass is 10.3. The van der Waals surface area contributed by atoms with E-state index in [2.05, 4.69) is 11.9 Å². The van der Waals surface area contributed by atoms with E-state index in [0.29, 0.717) is 11.2 Å². The maximum atomic E-state index is 11.9. The summed E-state index contributed by atoms with van der Waals surface area (Å²) < 4.78 is 4.42. The topological polar surface area (TPSA) is 61.8 Å². The molecule has 6 heteroatoms. The van der Waals surface area contributed by atoms with Crippen LogP contribution in [0.1, 0.15) is 19.8 Å². The molecule has 0 aliphatic heterocycles. The van der Waals surface area contributed by atoms with Gasteiger partial charge in [0.15, 0.2) is 5.52 Å². The quantitative estimate of drug-likeness (QED) is 0.766. The number of aromatic nitrogens is 4. The summed E-state index contributed by atoms with van der Waals surface area (Å²) in [7, 11) is 3.13. The summed E-state index contributed by atoms with van der Waals surface area (Å²) in [4.78, 5) is 27.8. The van der Waals surface area contributed by atoms with Gasteiger partial charge in [-0.15, -0.1) is 0 Å². The number of nitrogens with zero attached hydrogens (tertiary/aromatic N) is 4. The Labute approximate surface area is 98.1 Å². The third-order valence-electron chi connectivity index (χ3n) is 2.96. The molecule has 0 N–H and O–H groups in total. The highest BCUT2D eigenvalue weighted by Gasteiger charge is 2.13. The van der Waals surface area contributed by atoms with Crippen molar-refractivity contribution in [3.63, 3.8) is 0 Å². The van der Waals surface area contributed by atoms with Gasteiger partial charge in [-0.05, 0) is 6.42 Å². The Hall–Kier alpha value is -1.85. The number of imidazole rings is 1. The zero-order chi connectivity index (χ0) is 12.6. The first kappa shape index (κ1) is 11.6. The van der Waals surface area contributed by atoms with Crippen molar-refractivity contribution < 1.29 is 0 Å². The Morgan fingerprint density at radius 1 is 1.24 bits per heavy atom. The van der Waals surface area contributed by atoms with Gasteiger partial charge >= 0.3 is 5.69 Å². The molecule has 2 heterocycles. The van der Waals surface area contributed by atoms with Crippen LogP contribution < -0.4 is 11.2 Å². The summed E-state index contributed by atoms with van der Waals surface area (Å²) in [5.74, 6) is 0. The first-order chi connectivity index (χ1) is 8.07. The van der Waals surface area contributed by atoms with E-state index in [1.54, 1.807) is 13.4 Å². The van der Waals surface area contributed by atoms with Crippen LogP contribution in [0.25, 0.3) is 11.2 Å². The molecule has 17 heavy (non-hydrogen) atoms. The Bertz CT molecular complexity index is 662. The van der Waals surface area contributed by atoms with Crippen LogP contribution in [-0.2, 0) is 20.6 Å². The lowest BCUT2D eigenvalue weighted by Crippen LogP contribution is -2.37. The van der Waals surface area contributed by atoms with Crippen molar-refractivity contribution >= 4 is 11.2 Å². The molecule has 0 saturated heterocycles. The predicted molar refractivity (Wildman–Crippen MR) is 65.1 cm³/mol. The van der Waals surface area contributed by atoms with Crippen LogP contribution in [-0.4, -0.2) is 18.7 Å². The lowest BCUT2D eigenvalue weighted by Gasteiger charge is -2.07. The van der Waals surface area contributed by atoms with Crippen LogP contribution >= 0.6 is 0 Å². The van der Waals surface area contributed by atoms with Gasteiger partial charge < -0.3 is 4.57 Å². The normalized spacial score (nSPS) is 11.2. The summed E-state index contributed by atoms with van der Waals surface area (Å²) in [6.45, 7) is 2.87. The van der Waals surface area contributed by atoms with E-state index in [9.17, 15) is 9.59 Å². The molecule has 0 aliphatic carbocycles. The third-order valence-corrected chi connectivity index (χ3v) is 2.96. The van der Waals surface area contributed by atoms with Gasteiger partial charge in [-0.1, -0.05) is 13.3 Å². The smallest absolute Gasteiger partial charge is 0.316 e. The fraction of sp³-hybridized carbons (Fsp3) is 0.545. The van der Waals surface area contributed by atoms with E-state index in [-0.39, 0.29) is 11.2 Å². The van der Waals surface area contributed by atoms with Gasteiger partial charge in [0.05, 0.1) is 6.33 Å². The van der Waals surface area contributed by atoms with Crippen LogP contribution in [0, 0.1) is 0 Å². The van der Waals surface area contributed by atoms with Gasteiger partial charge in [-0.2, -0.15) is 0 Å². The van der Waals surface area contributed by atoms with Crippen molar-refractivity contribution in [3.8, 4) is 0 Å². The molecule has 0 aliphatic rings. The van der Waals surface area contributed by atoms with E-state index in [0.717, 1.165) is 24.0 Å². The van der Waals surface area contributed by atoms with Crippen LogP contribution in [0.4, 0.5) is 0 Å². The number of aryl methyl sites for hydroxylation is 2. The summed E-state index contributed by atoms with van der Waals surface area (Å²) in [5.41, 5.74) is 0.302. The second-order valence-corrected chi connectivity index (χ2v) is 4.17. The van der Waals surface area contributed by atoms with Gasteiger partial charge in [-0.25, -0.2) is 9.78 Å². The Morgan fingerprint density at radius 3 is 2.59 bits per heavy atom. The number of rotatable bonds is 3. The van der Waals surface area contributed by atoms with Gasteiger partial charge in [0, 0.05) is 20.6 Å². The van der Waals surface area contributed by atoms with E-state index in [1.807, 2.05) is 4.57 Å². The molecule has 2 aromatic rings. The fourth-order valence-electron chi connectivity index (χ4n) is 1.93. The molecule has 0 bridgehead atoms. The zero-order valence-electron chi connectivity index (χ0n) is 10.3. The Morgan fingerprint density at radius 2 is 1.94 bits per heavy atom. The summed E-state index contributed by atoms with van der Waals surface area (Å²) in [6, 6.07) is 0. The van der Waals surface area contributed by atoms with Crippen molar-refractivity contribution in [1.29, 1.82) is 0 Å². The summed E-state index contributed by atoms with van der Waals surface area (Å²) in [5, 5.41) is 0. The second kappa shape index (κ2) is 4.20. The molecule has 2 aromatic heterocycles. The van der Waals surface area contributed by atoms with Gasteiger partial charge in [0.1, 0.15) is 5.65 Å². The van der Waals surface area contributed by atoms with Gasteiger partial charge in [0.2, 0.25) is 0 Å². The molecule has 0 radical (unpaired) electrons. The number of hydrogen-bond donors (Lipinski definition) is 0. The maximum absolute atomic E-state index is 11.9. The molecule has 0 spiro atoms. The molecule has 0 fully saturated rings. The standard InChI is InChI=1S/C11H16N4O2/c1-4-5-6-15-7-12-8-9(15)13(2)11(17)14(3)10(8)16/h7H,4-6H2,1-3H3. The predicted octanol–water partition coefficient (Wildman–Crippen LogP) is 0.234. The molecule has 6 nitrogen and oxygen atoms in total.